The van der Waals surface area contributed by atoms with E-state index in [2.05, 4.69) is 22.8 Å². The molecular formula is C25H28N2O5. The maximum Gasteiger partial charge on any atom is 0.407 e. The second-order valence-corrected chi connectivity index (χ2v) is 8.75. The molecule has 0 spiro atoms. The minimum absolute atomic E-state index is 0.0279. The molecule has 0 aromatic heterocycles. The number of carboxylic acids is 1. The third kappa shape index (κ3) is 5.35. The van der Waals surface area contributed by atoms with Crippen molar-refractivity contribution in [3.8, 4) is 11.1 Å². The van der Waals surface area contributed by atoms with Crippen molar-refractivity contribution in [1.82, 2.24) is 10.6 Å². The molecule has 7 nitrogen and oxygen atoms in total. The van der Waals surface area contributed by atoms with Crippen molar-refractivity contribution in [1.29, 1.82) is 0 Å². The number of ether oxygens (including phenoxy) is 1. The number of carbonyl (C=O) groups excluding carboxylic acids is 2. The molecule has 0 saturated heterocycles. The highest BCUT2D eigenvalue weighted by Gasteiger charge is 2.32. The summed E-state index contributed by atoms with van der Waals surface area (Å²) in [7, 11) is 0. The Bertz CT molecular complexity index is 993. The summed E-state index contributed by atoms with van der Waals surface area (Å²) in [5.74, 6) is -1.67. The molecule has 7 heteroatoms. The van der Waals surface area contributed by atoms with E-state index in [1.807, 2.05) is 36.4 Å². The van der Waals surface area contributed by atoms with Gasteiger partial charge >= 0.3 is 12.1 Å². The molecule has 2 amide bonds. The van der Waals surface area contributed by atoms with Gasteiger partial charge in [0.1, 0.15) is 12.6 Å². The number of aliphatic carboxylic acids is 1. The Kier molecular flexibility index (Phi) is 6.98. The molecule has 2 aromatic rings. The Morgan fingerprint density at radius 1 is 1.03 bits per heavy atom. The molecule has 1 unspecified atom stereocenters. The highest BCUT2D eigenvalue weighted by atomic mass is 16.5. The number of nitrogens with one attached hydrogen (secondary N) is 2. The lowest BCUT2D eigenvalue weighted by Crippen LogP contribution is -2.48. The fraction of sp³-hybridized carbons (Fsp3) is 0.320. The minimum Gasteiger partial charge on any atom is -0.480 e. The van der Waals surface area contributed by atoms with E-state index in [9.17, 15) is 19.5 Å². The SMILES string of the molecule is CC(C)(C)C(NC(=O)/C=C/CNC(=O)OCC1c2ccccc2-c2ccccc21)C(=O)O. The van der Waals surface area contributed by atoms with Crippen molar-refractivity contribution in [2.45, 2.75) is 32.7 Å². The summed E-state index contributed by atoms with van der Waals surface area (Å²) in [6.45, 7) is 5.48. The lowest BCUT2D eigenvalue weighted by Gasteiger charge is -2.27. The molecule has 0 radical (unpaired) electrons. The van der Waals surface area contributed by atoms with Crippen LogP contribution in [0.25, 0.3) is 11.1 Å². The number of rotatable bonds is 7. The highest BCUT2D eigenvalue weighted by molar-refractivity contribution is 5.91. The van der Waals surface area contributed by atoms with Crippen LogP contribution in [0.4, 0.5) is 4.79 Å². The monoisotopic (exact) mass is 436 g/mol. The molecule has 0 aliphatic heterocycles. The number of hydrogen-bond acceptors (Lipinski definition) is 4. The van der Waals surface area contributed by atoms with E-state index in [-0.39, 0.29) is 19.1 Å². The largest absolute Gasteiger partial charge is 0.480 e. The van der Waals surface area contributed by atoms with Crippen molar-refractivity contribution >= 4 is 18.0 Å². The Morgan fingerprint density at radius 3 is 2.12 bits per heavy atom. The van der Waals surface area contributed by atoms with Crippen LogP contribution < -0.4 is 10.6 Å². The van der Waals surface area contributed by atoms with Crippen LogP contribution in [-0.2, 0) is 14.3 Å². The first-order chi connectivity index (χ1) is 15.2. The lowest BCUT2D eigenvalue weighted by atomic mass is 9.87. The second kappa shape index (κ2) is 9.68. The fourth-order valence-corrected chi connectivity index (χ4v) is 3.80. The van der Waals surface area contributed by atoms with Crippen LogP contribution in [0, 0.1) is 5.41 Å². The number of hydrogen-bond donors (Lipinski definition) is 3. The zero-order valence-corrected chi connectivity index (χ0v) is 18.4. The maximum atomic E-state index is 12.1. The summed E-state index contributed by atoms with van der Waals surface area (Å²) in [5.41, 5.74) is 3.94. The van der Waals surface area contributed by atoms with Gasteiger partial charge in [0, 0.05) is 18.5 Å². The van der Waals surface area contributed by atoms with Gasteiger partial charge in [-0.05, 0) is 27.7 Å². The van der Waals surface area contributed by atoms with Gasteiger partial charge in [-0.3, -0.25) is 4.79 Å². The Labute approximate surface area is 187 Å². The van der Waals surface area contributed by atoms with Gasteiger partial charge in [-0.1, -0.05) is 75.4 Å². The van der Waals surface area contributed by atoms with Crippen LogP contribution in [0.2, 0.25) is 0 Å². The van der Waals surface area contributed by atoms with E-state index in [0.717, 1.165) is 22.3 Å². The summed E-state index contributed by atoms with van der Waals surface area (Å²) < 4.78 is 5.43. The smallest absolute Gasteiger partial charge is 0.407 e. The van der Waals surface area contributed by atoms with E-state index in [0.29, 0.717) is 0 Å². The lowest BCUT2D eigenvalue weighted by molar-refractivity contribution is -0.144. The average Bonchev–Trinajstić information content (AvgIpc) is 3.06. The minimum atomic E-state index is -1.10. The Morgan fingerprint density at radius 2 is 1.59 bits per heavy atom. The number of amides is 2. The van der Waals surface area contributed by atoms with Gasteiger partial charge in [0.05, 0.1) is 0 Å². The van der Waals surface area contributed by atoms with E-state index in [4.69, 9.17) is 4.74 Å². The van der Waals surface area contributed by atoms with Gasteiger partial charge in [0.2, 0.25) is 5.91 Å². The molecule has 2 aromatic carbocycles. The predicted octanol–water partition coefficient (Wildman–Crippen LogP) is 3.70. The summed E-state index contributed by atoms with van der Waals surface area (Å²) >= 11 is 0. The van der Waals surface area contributed by atoms with Crippen LogP contribution >= 0.6 is 0 Å². The maximum absolute atomic E-state index is 12.1. The molecule has 1 atom stereocenters. The molecule has 0 fully saturated rings. The summed E-state index contributed by atoms with van der Waals surface area (Å²) in [4.78, 5) is 35.4. The molecule has 0 bridgehead atoms. The number of alkyl carbamates (subject to hydrolysis) is 1. The van der Waals surface area contributed by atoms with Gasteiger partial charge < -0.3 is 20.5 Å². The number of carbonyl (C=O) groups is 3. The van der Waals surface area contributed by atoms with Crippen molar-refractivity contribution in [3.05, 3.63) is 71.8 Å². The van der Waals surface area contributed by atoms with Crippen molar-refractivity contribution in [2.75, 3.05) is 13.2 Å². The van der Waals surface area contributed by atoms with E-state index in [1.54, 1.807) is 20.8 Å². The second-order valence-electron chi connectivity index (χ2n) is 8.75. The summed E-state index contributed by atoms with van der Waals surface area (Å²) in [6.07, 6.45) is 2.05. The van der Waals surface area contributed by atoms with Crippen LogP contribution in [-0.4, -0.2) is 42.3 Å². The van der Waals surface area contributed by atoms with Crippen LogP contribution in [0.3, 0.4) is 0 Å². The molecule has 0 saturated carbocycles. The zero-order valence-electron chi connectivity index (χ0n) is 18.4. The van der Waals surface area contributed by atoms with Crippen molar-refractivity contribution in [3.63, 3.8) is 0 Å². The van der Waals surface area contributed by atoms with Crippen LogP contribution in [0.15, 0.2) is 60.7 Å². The molecule has 168 valence electrons. The normalized spacial score (nSPS) is 13.8. The van der Waals surface area contributed by atoms with Gasteiger partial charge in [0.15, 0.2) is 0 Å². The van der Waals surface area contributed by atoms with Crippen molar-refractivity contribution in [2.24, 2.45) is 5.41 Å². The number of fused-ring (bicyclic) bond motifs is 3. The molecule has 1 aliphatic carbocycles. The van der Waals surface area contributed by atoms with Gasteiger partial charge in [-0.2, -0.15) is 0 Å². The third-order valence-electron chi connectivity index (χ3n) is 5.38. The third-order valence-corrected chi connectivity index (χ3v) is 5.38. The Balaban J connectivity index is 1.49. The molecule has 3 N–H and O–H groups in total. The van der Waals surface area contributed by atoms with Crippen LogP contribution in [0.1, 0.15) is 37.8 Å². The first-order valence-corrected chi connectivity index (χ1v) is 10.5. The quantitative estimate of drug-likeness (QED) is 0.574. The van der Waals surface area contributed by atoms with Gasteiger partial charge in [-0.15, -0.1) is 0 Å². The molecule has 0 heterocycles. The first kappa shape index (κ1) is 23.1. The highest BCUT2D eigenvalue weighted by Crippen LogP contribution is 2.44. The fourth-order valence-electron chi connectivity index (χ4n) is 3.80. The average molecular weight is 437 g/mol. The van der Waals surface area contributed by atoms with E-state index >= 15 is 0 Å². The molecule has 32 heavy (non-hydrogen) atoms. The van der Waals surface area contributed by atoms with Gasteiger partial charge in [-0.25, -0.2) is 9.59 Å². The predicted molar refractivity (Wildman–Crippen MR) is 121 cm³/mol. The van der Waals surface area contributed by atoms with E-state index in [1.165, 1.54) is 12.2 Å². The molecule has 1 aliphatic rings. The summed E-state index contributed by atoms with van der Waals surface area (Å²) in [6, 6.07) is 15.1. The number of benzene rings is 2. The van der Waals surface area contributed by atoms with Crippen LogP contribution in [0.5, 0.6) is 0 Å². The van der Waals surface area contributed by atoms with E-state index < -0.39 is 29.4 Å². The number of carboxylic acid groups (broad SMARTS) is 1. The first-order valence-electron chi connectivity index (χ1n) is 10.5. The zero-order chi connectivity index (χ0) is 23.3. The molecule has 3 rings (SSSR count). The standard InChI is InChI=1S/C25H28N2O5/c1-25(2,3)22(23(29)30)27-21(28)13-8-14-26-24(31)32-15-20-18-11-6-4-9-16(18)17-10-5-7-12-19(17)20/h4-13,20,22H,14-15H2,1-3H3,(H,26,31)(H,27,28)(H,29,30)/b13-8+. The summed E-state index contributed by atoms with van der Waals surface area (Å²) in [5, 5.41) is 14.3. The molecular weight excluding hydrogens is 408 g/mol. The topological polar surface area (TPSA) is 105 Å². The van der Waals surface area contributed by atoms with Crippen molar-refractivity contribution < 1.29 is 24.2 Å². The Hall–Kier alpha value is -3.61. The van der Waals surface area contributed by atoms with Gasteiger partial charge in [0.25, 0.3) is 0 Å².